The number of aryl methyl sites for hydroxylation is 2. The maximum absolute atomic E-state index is 6.28. The average Bonchev–Trinajstić information content (AvgIpc) is 2.52. The van der Waals surface area contributed by atoms with Crippen LogP contribution in [0.4, 0.5) is 0 Å². The first-order valence-electron chi connectivity index (χ1n) is 6.80. The highest BCUT2D eigenvalue weighted by atomic mass is 35.5. The second-order valence-corrected chi connectivity index (χ2v) is 6.22. The first-order chi connectivity index (χ1) is 8.74. The van der Waals surface area contributed by atoms with Gasteiger partial charge in [-0.15, -0.1) is 0 Å². The second-order valence-electron chi connectivity index (χ2n) is 5.86. The summed E-state index contributed by atoms with van der Waals surface area (Å²) in [7, 11) is 1.87. The van der Waals surface area contributed by atoms with Crippen molar-refractivity contribution in [2.75, 3.05) is 13.2 Å². The van der Waals surface area contributed by atoms with Gasteiger partial charge in [0.05, 0.1) is 17.9 Å². The lowest BCUT2D eigenvalue weighted by atomic mass is 10.1. The monoisotopic (exact) mass is 287 g/mol. The summed E-state index contributed by atoms with van der Waals surface area (Å²) in [5.41, 5.74) is 1.97. The Hall–Kier alpha value is -0.580. The minimum atomic E-state index is -0.124. The van der Waals surface area contributed by atoms with Crippen molar-refractivity contribution in [3.05, 3.63) is 16.4 Å². The Bertz CT molecular complexity index is 410. The average molecular weight is 288 g/mol. The molecule has 110 valence electrons. The summed E-state index contributed by atoms with van der Waals surface area (Å²) in [6.07, 6.45) is 0.836. The lowest BCUT2D eigenvalue weighted by molar-refractivity contribution is -0.0141. The summed E-state index contributed by atoms with van der Waals surface area (Å²) >= 11 is 6.28. The Morgan fingerprint density at radius 3 is 2.47 bits per heavy atom. The molecule has 0 aliphatic rings. The predicted octanol–water partition coefficient (Wildman–Crippen LogP) is 2.72. The summed E-state index contributed by atoms with van der Waals surface area (Å²) in [4.78, 5) is 0. The summed E-state index contributed by atoms with van der Waals surface area (Å²) < 4.78 is 7.59. The molecule has 1 atom stereocenters. The van der Waals surface area contributed by atoms with Crippen LogP contribution in [0.5, 0.6) is 0 Å². The van der Waals surface area contributed by atoms with E-state index in [1.165, 1.54) is 0 Å². The van der Waals surface area contributed by atoms with E-state index in [-0.39, 0.29) is 11.6 Å². The van der Waals surface area contributed by atoms with Crippen LogP contribution in [0.1, 0.15) is 39.0 Å². The standard InChI is InChI=1S/C14H26ClN3O/c1-7-16-11(9-19-14(3,4)5)8-12-10(2)17-18(6)13(12)15/h11,16H,7-9H2,1-6H3. The summed E-state index contributed by atoms with van der Waals surface area (Å²) in [6.45, 7) is 11.9. The van der Waals surface area contributed by atoms with E-state index in [0.29, 0.717) is 6.61 Å². The molecule has 0 aliphatic heterocycles. The molecule has 0 spiro atoms. The van der Waals surface area contributed by atoms with Gasteiger partial charge in [0.2, 0.25) is 0 Å². The predicted molar refractivity (Wildman–Crippen MR) is 79.8 cm³/mol. The van der Waals surface area contributed by atoms with Crippen molar-refractivity contribution in [3.8, 4) is 0 Å². The van der Waals surface area contributed by atoms with Gasteiger partial charge in [0.1, 0.15) is 5.15 Å². The number of hydrogen-bond acceptors (Lipinski definition) is 3. The molecule has 0 aliphatic carbocycles. The fourth-order valence-electron chi connectivity index (χ4n) is 1.98. The lowest BCUT2D eigenvalue weighted by Crippen LogP contribution is -2.38. The zero-order valence-corrected chi connectivity index (χ0v) is 13.6. The fraction of sp³-hybridized carbons (Fsp3) is 0.786. The molecule has 1 rings (SSSR count). The van der Waals surface area contributed by atoms with Crippen LogP contribution >= 0.6 is 11.6 Å². The zero-order valence-electron chi connectivity index (χ0n) is 12.9. The van der Waals surface area contributed by atoms with E-state index in [0.717, 1.165) is 29.4 Å². The minimum Gasteiger partial charge on any atom is -0.374 e. The van der Waals surface area contributed by atoms with Gasteiger partial charge in [-0.05, 0) is 40.7 Å². The van der Waals surface area contributed by atoms with Gasteiger partial charge in [-0.2, -0.15) is 5.10 Å². The fourth-order valence-corrected chi connectivity index (χ4v) is 2.23. The molecule has 0 saturated heterocycles. The Balaban J connectivity index is 2.72. The lowest BCUT2D eigenvalue weighted by Gasteiger charge is -2.25. The Kier molecular flexibility index (Phi) is 5.83. The SMILES string of the molecule is CCNC(COC(C)(C)C)Cc1c(C)nn(C)c1Cl. The van der Waals surface area contributed by atoms with Crippen molar-refractivity contribution in [2.45, 2.75) is 52.7 Å². The summed E-state index contributed by atoms with van der Waals surface area (Å²) in [6, 6.07) is 0.254. The Morgan fingerprint density at radius 1 is 1.42 bits per heavy atom. The molecule has 0 saturated carbocycles. The van der Waals surface area contributed by atoms with E-state index in [4.69, 9.17) is 16.3 Å². The van der Waals surface area contributed by atoms with Crippen molar-refractivity contribution in [1.82, 2.24) is 15.1 Å². The molecule has 0 radical (unpaired) electrons. The van der Waals surface area contributed by atoms with Gasteiger partial charge in [0.25, 0.3) is 0 Å². The van der Waals surface area contributed by atoms with Crippen LogP contribution in [0.25, 0.3) is 0 Å². The maximum atomic E-state index is 6.28. The smallest absolute Gasteiger partial charge is 0.130 e. The van der Waals surface area contributed by atoms with E-state index in [1.807, 2.05) is 14.0 Å². The molecule has 1 aromatic rings. The van der Waals surface area contributed by atoms with Gasteiger partial charge >= 0.3 is 0 Å². The number of nitrogens with zero attached hydrogens (tertiary/aromatic N) is 2. The van der Waals surface area contributed by atoms with Crippen LogP contribution in [0.3, 0.4) is 0 Å². The van der Waals surface area contributed by atoms with Crippen molar-refractivity contribution in [2.24, 2.45) is 7.05 Å². The highest BCUT2D eigenvalue weighted by molar-refractivity contribution is 6.30. The number of likely N-dealkylation sites (N-methyl/N-ethyl adjacent to an activating group) is 1. The quantitative estimate of drug-likeness (QED) is 0.874. The first kappa shape index (κ1) is 16.5. The van der Waals surface area contributed by atoms with Crippen molar-refractivity contribution in [1.29, 1.82) is 0 Å². The normalized spacial score (nSPS) is 13.8. The number of aromatic nitrogens is 2. The van der Waals surface area contributed by atoms with Gasteiger partial charge in [0, 0.05) is 18.7 Å². The molecule has 0 bridgehead atoms. The van der Waals surface area contributed by atoms with Crippen LogP contribution in [0.15, 0.2) is 0 Å². The highest BCUT2D eigenvalue weighted by Crippen LogP contribution is 2.21. The number of halogens is 1. The van der Waals surface area contributed by atoms with E-state index in [2.05, 4.69) is 38.1 Å². The molecule has 0 amide bonds. The molecule has 1 heterocycles. The highest BCUT2D eigenvalue weighted by Gasteiger charge is 2.19. The molecule has 0 aromatic carbocycles. The molecule has 1 N–H and O–H groups in total. The van der Waals surface area contributed by atoms with Gasteiger partial charge in [0.15, 0.2) is 0 Å². The number of rotatable bonds is 6. The molecular formula is C14H26ClN3O. The first-order valence-corrected chi connectivity index (χ1v) is 7.17. The molecule has 1 unspecified atom stereocenters. The van der Waals surface area contributed by atoms with Crippen molar-refractivity contribution in [3.63, 3.8) is 0 Å². The summed E-state index contributed by atoms with van der Waals surface area (Å²) in [5.74, 6) is 0. The minimum absolute atomic E-state index is 0.124. The molecule has 0 fully saturated rings. The van der Waals surface area contributed by atoms with Gasteiger partial charge in [-0.25, -0.2) is 0 Å². The van der Waals surface area contributed by atoms with E-state index >= 15 is 0 Å². The van der Waals surface area contributed by atoms with Crippen molar-refractivity contribution >= 4 is 11.6 Å². The number of hydrogen-bond donors (Lipinski definition) is 1. The molecule has 4 nitrogen and oxygen atoms in total. The third kappa shape index (κ3) is 5.13. The van der Waals surface area contributed by atoms with E-state index < -0.39 is 0 Å². The molecular weight excluding hydrogens is 262 g/mol. The zero-order chi connectivity index (χ0) is 14.6. The largest absolute Gasteiger partial charge is 0.374 e. The van der Waals surface area contributed by atoms with Crippen LogP contribution in [0.2, 0.25) is 5.15 Å². The second kappa shape index (κ2) is 6.73. The number of nitrogens with one attached hydrogen (secondary N) is 1. The summed E-state index contributed by atoms with van der Waals surface area (Å²) in [5, 5.41) is 8.51. The van der Waals surface area contributed by atoms with Crippen LogP contribution < -0.4 is 5.32 Å². The van der Waals surface area contributed by atoms with E-state index in [1.54, 1.807) is 4.68 Å². The number of ether oxygens (including phenoxy) is 1. The van der Waals surface area contributed by atoms with Gasteiger partial charge < -0.3 is 10.1 Å². The maximum Gasteiger partial charge on any atom is 0.130 e. The Morgan fingerprint density at radius 2 is 2.05 bits per heavy atom. The Labute approximate surface area is 121 Å². The molecule has 19 heavy (non-hydrogen) atoms. The molecule has 5 heteroatoms. The van der Waals surface area contributed by atoms with Gasteiger partial charge in [-0.3, -0.25) is 4.68 Å². The third-order valence-corrected chi connectivity index (χ3v) is 3.40. The van der Waals surface area contributed by atoms with Crippen LogP contribution in [-0.4, -0.2) is 34.6 Å². The molecule has 1 aromatic heterocycles. The van der Waals surface area contributed by atoms with Crippen molar-refractivity contribution < 1.29 is 4.74 Å². The van der Waals surface area contributed by atoms with E-state index in [9.17, 15) is 0 Å². The van der Waals surface area contributed by atoms with Crippen LogP contribution in [0, 0.1) is 6.92 Å². The van der Waals surface area contributed by atoms with Crippen LogP contribution in [-0.2, 0) is 18.2 Å². The topological polar surface area (TPSA) is 39.1 Å². The third-order valence-electron chi connectivity index (χ3n) is 2.93. The van der Waals surface area contributed by atoms with Gasteiger partial charge in [-0.1, -0.05) is 18.5 Å².